The van der Waals surface area contributed by atoms with E-state index in [1.165, 1.54) is 31.4 Å². The van der Waals surface area contributed by atoms with E-state index in [9.17, 15) is 9.59 Å². The third-order valence-electron chi connectivity index (χ3n) is 1.55. The van der Waals surface area contributed by atoms with Gasteiger partial charge >= 0.3 is 49.7 Å². The molecule has 4 nitrogen and oxygen atoms in total. The molecule has 0 saturated heterocycles. The quantitative estimate of drug-likeness (QED) is 0.651. The zero-order valence-corrected chi connectivity index (χ0v) is 13.6. The molecule has 1 rings (SSSR count). The minimum Gasteiger partial charge on any atom is -1.00 e. The van der Waals surface area contributed by atoms with E-state index >= 15 is 0 Å². The first kappa shape index (κ1) is 17.4. The second-order valence-electron chi connectivity index (χ2n) is 2.37. The monoisotopic (exact) mass is 286 g/mol. The van der Waals surface area contributed by atoms with E-state index in [-0.39, 0.29) is 65.6 Å². The summed E-state index contributed by atoms with van der Waals surface area (Å²) < 4.78 is 4.45. The first-order valence-electron chi connectivity index (χ1n) is 3.57. The van der Waals surface area contributed by atoms with Crippen molar-refractivity contribution in [2.75, 3.05) is 7.11 Å². The van der Waals surface area contributed by atoms with Crippen LogP contribution in [-0.2, 0) is 24.2 Å². The molecule has 0 aliphatic carbocycles. The summed E-state index contributed by atoms with van der Waals surface area (Å²) in [5.41, 5.74) is 0.486. The Morgan fingerprint density at radius 1 is 1.20 bits per heavy atom. The Labute approximate surface area is 133 Å². The van der Waals surface area contributed by atoms with E-state index < -0.39 is 11.9 Å². The summed E-state index contributed by atoms with van der Waals surface area (Å²) in [7, 11) is 1.27. The molecule has 0 fully saturated rings. The van der Waals surface area contributed by atoms with Crippen molar-refractivity contribution in [3.63, 3.8) is 0 Å². The van der Waals surface area contributed by atoms with Gasteiger partial charge in [-0.25, -0.2) is 9.59 Å². The molecular weight excluding hydrogens is 278 g/mol. The normalized spacial score (nSPS) is 8.07. The second kappa shape index (κ2) is 8.22. The first-order valence-corrected chi connectivity index (χ1v) is 3.57. The predicted octanol–water partition coefficient (Wildman–Crippen LogP) is 1.01. The van der Waals surface area contributed by atoms with Crippen LogP contribution in [-0.4, -0.2) is 61.9 Å². The molecule has 1 N–H and O–H groups in total. The van der Waals surface area contributed by atoms with Crippen molar-refractivity contribution in [1.29, 1.82) is 0 Å². The van der Waals surface area contributed by atoms with Crippen LogP contribution in [0.5, 0.6) is 0 Å². The molecule has 0 radical (unpaired) electrons. The molecule has 0 saturated carbocycles. The Balaban J connectivity index is -0.000000211. The molecule has 0 amide bonds. The number of ether oxygens (including phenoxy) is 1. The van der Waals surface area contributed by atoms with Crippen LogP contribution < -0.4 is 0 Å². The third kappa shape index (κ3) is 5.07. The standard InChI is InChI=1S/C9H8O4.Ca.Zn.2H/c1-13-9(12)7-4-2-6(3-5-7)8(10)11;;;;/h2-5H,1H3,(H,10,11);;;;/q;+2;;2*-1. The fourth-order valence-electron chi connectivity index (χ4n) is 0.867. The summed E-state index contributed by atoms with van der Waals surface area (Å²) in [6.45, 7) is 0. The number of aromatic carboxylic acids is 1. The topological polar surface area (TPSA) is 63.6 Å². The van der Waals surface area contributed by atoms with Gasteiger partial charge in [-0.15, -0.1) is 0 Å². The molecule has 0 aliphatic heterocycles. The van der Waals surface area contributed by atoms with E-state index in [1.54, 1.807) is 0 Å². The molecular formula is C9H10CaO4Zn. The van der Waals surface area contributed by atoms with E-state index in [4.69, 9.17) is 5.11 Å². The van der Waals surface area contributed by atoms with Gasteiger partial charge in [-0.05, 0) is 24.3 Å². The van der Waals surface area contributed by atoms with Crippen LogP contribution in [0, 0.1) is 0 Å². The van der Waals surface area contributed by atoms with Crippen molar-refractivity contribution < 1.29 is 41.8 Å². The smallest absolute Gasteiger partial charge is 1.00 e. The van der Waals surface area contributed by atoms with E-state index in [1.807, 2.05) is 0 Å². The molecule has 0 unspecified atom stereocenters. The molecule has 0 atom stereocenters. The van der Waals surface area contributed by atoms with Crippen molar-refractivity contribution >= 4 is 49.7 Å². The van der Waals surface area contributed by atoms with Crippen molar-refractivity contribution in [1.82, 2.24) is 0 Å². The fraction of sp³-hybridized carbons (Fsp3) is 0.111. The average Bonchev–Trinajstić information content (AvgIpc) is 2.17. The molecule has 0 spiro atoms. The molecule has 15 heavy (non-hydrogen) atoms. The number of hydrogen-bond donors (Lipinski definition) is 1. The minimum atomic E-state index is -1.02. The number of hydrogen-bond acceptors (Lipinski definition) is 3. The fourth-order valence-corrected chi connectivity index (χ4v) is 0.867. The van der Waals surface area contributed by atoms with Gasteiger partial charge in [0.05, 0.1) is 18.2 Å². The zero-order chi connectivity index (χ0) is 9.84. The second-order valence-corrected chi connectivity index (χ2v) is 2.37. The Hall–Kier alpha value is 0.0431. The summed E-state index contributed by atoms with van der Waals surface area (Å²) in [4.78, 5) is 21.4. The maximum Gasteiger partial charge on any atom is 2.00 e. The summed E-state index contributed by atoms with van der Waals surface area (Å²) in [6.07, 6.45) is 0. The number of carbonyl (C=O) groups excluding carboxylic acids is 1. The molecule has 0 heterocycles. The summed E-state index contributed by atoms with van der Waals surface area (Å²) in [5, 5.41) is 8.56. The van der Waals surface area contributed by atoms with Gasteiger partial charge < -0.3 is 12.7 Å². The Morgan fingerprint density at radius 2 is 1.60 bits per heavy atom. The van der Waals surface area contributed by atoms with Gasteiger partial charge in [-0.2, -0.15) is 0 Å². The maximum absolute atomic E-state index is 10.9. The van der Waals surface area contributed by atoms with Gasteiger partial charge in [-0.3, -0.25) is 0 Å². The SMILES string of the molecule is COC(=O)c1ccc(C(=O)O)cc1.[Ca+2].[H-].[H-].[Zn]. The van der Waals surface area contributed by atoms with Gasteiger partial charge in [0.25, 0.3) is 0 Å². The van der Waals surface area contributed by atoms with E-state index in [0.29, 0.717) is 5.56 Å². The Kier molecular flexibility index (Phi) is 9.56. The van der Waals surface area contributed by atoms with Gasteiger partial charge in [0, 0.05) is 19.5 Å². The van der Waals surface area contributed by atoms with E-state index in [2.05, 4.69) is 4.74 Å². The number of methoxy groups -OCH3 is 1. The third-order valence-corrected chi connectivity index (χ3v) is 1.55. The minimum absolute atomic E-state index is 0. The zero-order valence-electron chi connectivity index (χ0n) is 10.4. The number of carbonyl (C=O) groups is 2. The summed E-state index contributed by atoms with van der Waals surface area (Å²) in [6, 6.07) is 5.54. The van der Waals surface area contributed by atoms with Crippen LogP contribution in [0.4, 0.5) is 0 Å². The first-order chi connectivity index (χ1) is 6.15. The summed E-state index contributed by atoms with van der Waals surface area (Å²) >= 11 is 0. The molecule has 6 heteroatoms. The van der Waals surface area contributed by atoms with Gasteiger partial charge in [0.15, 0.2) is 0 Å². The molecule has 0 aromatic heterocycles. The number of carboxylic acid groups (broad SMARTS) is 1. The predicted molar refractivity (Wildman–Crippen MR) is 52.7 cm³/mol. The van der Waals surface area contributed by atoms with Crippen LogP contribution in [0.15, 0.2) is 24.3 Å². The summed E-state index contributed by atoms with van der Waals surface area (Å²) in [5.74, 6) is -1.49. The van der Waals surface area contributed by atoms with Gasteiger partial charge in [0.1, 0.15) is 0 Å². The average molecular weight is 288 g/mol. The van der Waals surface area contributed by atoms with Crippen LogP contribution in [0.2, 0.25) is 0 Å². The van der Waals surface area contributed by atoms with Crippen LogP contribution >= 0.6 is 0 Å². The van der Waals surface area contributed by atoms with Crippen molar-refractivity contribution in [3.05, 3.63) is 35.4 Å². The number of esters is 1. The maximum atomic E-state index is 10.9. The van der Waals surface area contributed by atoms with E-state index in [0.717, 1.165) is 0 Å². The van der Waals surface area contributed by atoms with Crippen molar-refractivity contribution in [2.45, 2.75) is 0 Å². The molecule has 1 aromatic rings. The van der Waals surface area contributed by atoms with Crippen molar-refractivity contribution in [2.24, 2.45) is 0 Å². The van der Waals surface area contributed by atoms with Crippen molar-refractivity contribution in [3.8, 4) is 0 Å². The molecule has 74 valence electrons. The largest absolute Gasteiger partial charge is 2.00 e. The Morgan fingerprint density at radius 3 is 1.93 bits per heavy atom. The van der Waals surface area contributed by atoms with Crippen LogP contribution in [0.3, 0.4) is 0 Å². The van der Waals surface area contributed by atoms with Crippen LogP contribution in [0.1, 0.15) is 23.6 Å². The van der Waals surface area contributed by atoms with Crippen LogP contribution in [0.25, 0.3) is 0 Å². The molecule has 1 aromatic carbocycles. The molecule has 0 aliphatic rings. The number of carboxylic acids is 1. The number of benzene rings is 1. The van der Waals surface area contributed by atoms with Gasteiger partial charge in [-0.1, -0.05) is 0 Å². The van der Waals surface area contributed by atoms with Gasteiger partial charge in [0.2, 0.25) is 0 Å². The Bertz CT molecular complexity index is 345. The molecule has 0 bridgehead atoms. The number of rotatable bonds is 2.